The zero-order valence-corrected chi connectivity index (χ0v) is 9.23. The number of carbonyl (C=O) groups excluding carboxylic acids is 1. The van der Waals surface area contributed by atoms with Crippen molar-refractivity contribution in [3.63, 3.8) is 0 Å². The molecule has 0 saturated carbocycles. The molecule has 1 unspecified atom stereocenters. The first kappa shape index (κ1) is 11.1. The number of esters is 1. The van der Waals surface area contributed by atoms with Gasteiger partial charge in [0.15, 0.2) is 6.10 Å². The van der Waals surface area contributed by atoms with Gasteiger partial charge in [0.05, 0.1) is 6.61 Å². The van der Waals surface area contributed by atoms with Gasteiger partial charge in [0.2, 0.25) is 0 Å². The zero-order chi connectivity index (χ0) is 11.5. The van der Waals surface area contributed by atoms with Gasteiger partial charge in [0, 0.05) is 12.1 Å². The quantitative estimate of drug-likeness (QED) is 0.468. The second kappa shape index (κ2) is 4.63. The van der Waals surface area contributed by atoms with Gasteiger partial charge in [-0.05, 0) is 12.0 Å². The Labute approximate surface area is 94.3 Å². The molecule has 4 heteroatoms. The number of rotatable bonds is 4. The van der Waals surface area contributed by atoms with Gasteiger partial charge in [0.1, 0.15) is 5.75 Å². The highest BCUT2D eigenvalue weighted by Gasteiger charge is 2.34. The van der Waals surface area contributed by atoms with E-state index in [1.165, 1.54) is 0 Å². The molecule has 2 N–H and O–H groups in total. The number of para-hydroxylation sites is 1. The average Bonchev–Trinajstić information content (AvgIpc) is 3.13. The average molecular weight is 221 g/mol. The molecule has 4 nitrogen and oxygen atoms in total. The van der Waals surface area contributed by atoms with Crippen LogP contribution in [0.15, 0.2) is 18.2 Å². The second-order valence-corrected chi connectivity index (χ2v) is 3.71. The van der Waals surface area contributed by atoms with Crippen molar-refractivity contribution in [2.24, 2.45) is 5.73 Å². The van der Waals surface area contributed by atoms with Crippen LogP contribution in [0, 0.1) is 0 Å². The van der Waals surface area contributed by atoms with E-state index in [1.807, 2.05) is 25.1 Å². The Kier molecular flexibility index (Phi) is 3.22. The van der Waals surface area contributed by atoms with Crippen molar-refractivity contribution in [3.8, 4) is 5.75 Å². The minimum absolute atomic E-state index is 0.324. The van der Waals surface area contributed by atoms with Crippen LogP contribution in [-0.4, -0.2) is 18.7 Å². The maximum absolute atomic E-state index is 11.5. The summed E-state index contributed by atoms with van der Waals surface area (Å²) in [6.45, 7) is 2.84. The number of ether oxygens (including phenoxy) is 2. The molecule has 0 radical (unpaired) electrons. The van der Waals surface area contributed by atoms with Crippen LogP contribution in [0.4, 0.5) is 0 Å². The van der Waals surface area contributed by atoms with Crippen LogP contribution in [0.5, 0.6) is 5.75 Å². The molecule has 0 bridgehead atoms. The number of aryl methyl sites for hydroxylation is 1. The van der Waals surface area contributed by atoms with Gasteiger partial charge in [-0.15, -0.1) is 0 Å². The fourth-order valence-electron chi connectivity index (χ4n) is 1.56. The fraction of sp³-hybridized carbons (Fsp3) is 0.417. The third-order valence-electron chi connectivity index (χ3n) is 2.58. The van der Waals surface area contributed by atoms with E-state index in [0.29, 0.717) is 18.9 Å². The topological polar surface area (TPSA) is 64.8 Å². The highest BCUT2D eigenvalue weighted by molar-refractivity contribution is 5.80. The lowest BCUT2D eigenvalue weighted by Crippen LogP contribution is -2.17. The van der Waals surface area contributed by atoms with Crippen molar-refractivity contribution in [1.29, 1.82) is 0 Å². The lowest BCUT2D eigenvalue weighted by atomic mass is 10.1. The van der Waals surface area contributed by atoms with Gasteiger partial charge in [0.25, 0.3) is 0 Å². The van der Waals surface area contributed by atoms with Crippen molar-refractivity contribution in [1.82, 2.24) is 0 Å². The summed E-state index contributed by atoms with van der Waals surface area (Å²) in [5.41, 5.74) is 7.47. The van der Waals surface area contributed by atoms with Crippen molar-refractivity contribution in [2.75, 3.05) is 6.61 Å². The predicted molar refractivity (Wildman–Crippen MR) is 59.1 cm³/mol. The Morgan fingerprint density at radius 3 is 2.81 bits per heavy atom. The molecule has 1 aromatic carbocycles. The van der Waals surface area contributed by atoms with Crippen LogP contribution in [0.3, 0.4) is 0 Å². The van der Waals surface area contributed by atoms with Crippen LogP contribution in [0.1, 0.15) is 18.1 Å². The summed E-state index contributed by atoms with van der Waals surface area (Å²) in [4.78, 5) is 11.5. The van der Waals surface area contributed by atoms with Gasteiger partial charge in [-0.2, -0.15) is 0 Å². The number of carbonyl (C=O) groups is 1. The Balaban J connectivity index is 2.24. The van der Waals surface area contributed by atoms with Gasteiger partial charge >= 0.3 is 5.97 Å². The lowest BCUT2D eigenvalue weighted by molar-refractivity contribution is -0.135. The first-order chi connectivity index (χ1) is 7.76. The van der Waals surface area contributed by atoms with E-state index in [-0.39, 0.29) is 12.1 Å². The predicted octanol–water partition coefficient (Wildman–Crippen LogP) is 1.01. The minimum atomic E-state index is -0.379. The molecule has 1 saturated heterocycles. The maximum atomic E-state index is 11.5. The van der Waals surface area contributed by atoms with E-state index < -0.39 is 0 Å². The summed E-state index contributed by atoms with van der Waals surface area (Å²) in [6, 6.07) is 5.73. The second-order valence-electron chi connectivity index (χ2n) is 3.71. The molecule has 1 aromatic rings. The van der Waals surface area contributed by atoms with Crippen molar-refractivity contribution in [3.05, 3.63) is 29.3 Å². The summed E-state index contributed by atoms with van der Waals surface area (Å²) >= 11 is 0. The molecule has 1 atom stereocenters. The summed E-state index contributed by atoms with van der Waals surface area (Å²) < 4.78 is 10.2. The Morgan fingerprint density at radius 2 is 2.25 bits per heavy atom. The summed E-state index contributed by atoms with van der Waals surface area (Å²) in [6.07, 6.45) is 0.428. The van der Waals surface area contributed by atoms with Crippen molar-refractivity contribution >= 4 is 5.97 Å². The molecule has 86 valence electrons. The van der Waals surface area contributed by atoms with Gasteiger partial charge in [-0.1, -0.05) is 25.1 Å². The first-order valence-electron chi connectivity index (χ1n) is 5.40. The molecule has 0 spiro atoms. The van der Waals surface area contributed by atoms with Crippen molar-refractivity contribution in [2.45, 2.75) is 26.0 Å². The highest BCUT2D eigenvalue weighted by Crippen LogP contribution is 2.26. The first-order valence-corrected chi connectivity index (χ1v) is 5.40. The van der Waals surface area contributed by atoms with E-state index >= 15 is 0 Å². The molecule has 1 aliphatic heterocycles. The molecule has 1 heterocycles. The SMILES string of the molecule is CCc1cccc(CN)c1OC(=O)C1CO1. The highest BCUT2D eigenvalue weighted by atomic mass is 16.6. The summed E-state index contributed by atoms with van der Waals surface area (Å²) in [7, 11) is 0. The van der Waals surface area contributed by atoms with Crippen LogP contribution in [0.2, 0.25) is 0 Å². The number of benzene rings is 1. The van der Waals surface area contributed by atoms with E-state index in [1.54, 1.807) is 0 Å². The Hall–Kier alpha value is -1.39. The number of hydrogen-bond acceptors (Lipinski definition) is 4. The van der Waals surface area contributed by atoms with Gasteiger partial charge in [-0.25, -0.2) is 4.79 Å². The number of nitrogens with two attached hydrogens (primary N) is 1. The van der Waals surface area contributed by atoms with Crippen LogP contribution >= 0.6 is 0 Å². The largest absolute Gasteiger partial charge is 0.424 e. The minimum Gasteiger partial charge on any atom is -0.424 e. The lowest BCUT2D eigenvalue weighted by Gasteiger charge is -2.12. The Morgan fingerprint density at radius 1 is 1.56 bits per heavy atom. The third kappa shape index (κ3) is 2.23. The van der Waals surface area contributed by atoms with E-state index in [2.05, 4.69) is 0 Å². The van der Waals surface area contributed by atoms with E-state index in [0.717, 1.165) is 17.5 Å². The standard InChI is InChI=1S/C12H15NO3/c1-2-8-4-3-5-9(6-13)11(8)16-12(14)10-7-15-10/h3-5,10H,2,6-7,13H2,1H3. The fourth-order valence-corrected chi connectivity index (χ4v) is 1.56. The molecule has 0 amide bonds. The molecule has 16 heavy (non-hydrogen) atoms. The monoisotopic (exact) mass is 221 g/mol. The van der Waals surface area contributed by atoms with Crippen LogP contribution < -0.4 is 10.5 Å². The molecule has 1 fully saturated rings. The van der Waals surface area contributed by atoms with Crippen LogP contribution in [0.25, 0.3) is 0 Å². The smallest absolute Gasteiger partial charge is 0.343 e. The normalized spacial score (nSPS) is 18.2. The zero-order valence-electron chi connectivity index (χ0n) is 9.23. The molecule has 0 aliphatic carbocycles. The van der Waals surface area contributed by atoms with Gasteiger partial charge in [-0.3, -0.25) is 0 Å². The van der Waals surface area contributed by atoms with Crippen LogP contribution in [-0.2, 0) is 22.5 Å². The summed E-state index contributed by atoms with van der Waals surface area (Å²) in [5, 5.41) is 0. The van der Waals surface area contributed by atoms with Gasteiger partial charge < -0.3 is 15.2 Å². The van der Waals surface area contributed by atoms with E-state index in [4.69, 9.17) is 15.2 Å². The molecule has 0 aromatic heterocycles. The summed E-state index contributed by atoms with van der Waals surface area (Å²) in [5.74, 6) is 0.281. The molecular formula is C12H15NO3. The molecule has 2 rings (SSSR count). The molecular weight excluding hydrogens is 206 g/mol. The Bertz CT molecular complexity index is 377. The third-order valence-corrected chi connectivity index (χ3v) is 2.58. The van der Waals surface area contributed by atoms with Crippen molar-refractivity contribution < 1.29 is 14.3 Å². The van der Waals surface area contributed by atoms with E-state index in [9.17, 15) is 4.79 Å². The maximum Gasteiger partial charge on any atom is 0.343 e. The number of hydrogen-bond donors (Lipinski definition) is 1. The number of epoxide rings is 1. The molecule has 1 aliphatic rings.